The number of hydrogen-bond acceptors (Lipinski definition) is 3. The van der Waals surface area contributed by atoms with Crippen LogP contribution in [0.3, 0.4) is 0 Å². The average Bonchev–Trinajstić information content (AvgIpc) is 2.75. The molecule has 1 aliphatic heterocycles. The Bertz CT molecular complexity index is 528. The fourth-order valence-corrected chi connectivity index (χ4v) is 3.45. The van der Waals surface area contributed by atoms with Crippen molar-refractivity contribution in [2.75, 3.05) is 13.2 Å². The maximum atomic E-state index is 14.1. The molecule has 1 aromatic rings. The van der Waals surface area contributed by atoms with E-state index in [1.807, 2.05) is 0 Å². The summed E-state index contributed by atoms with van der Waals surface area (Å²) in [5.74, 6) is -0.467. The molecule has 0 spiro atoms. The second-order valence-electron chi connectivity index (χ2n) is 4.93. The van der Waals surface area contributed by atoms with Crippen molar-refractivity contribution in [2.45, 2.75) is 23.5 Å². The third kappa shape index (κ3) is 2.79. The van der Waals surface area contributed by atoms with Gasteiger partial charge >= 0.3 is 5.25 Å². The van der Waals surface area contributed by atoms with Gasteiger partial charge in [0.25, 0.3) is 0 Å². The summed E-state index contributed by atoms with van der Waals surface area (Å²) >= 11 is 0. The molecule has 6 heteroatoms. The summed E-state index contributed by atoms with van der Waals surface area (Å²) in [5, 5.41) is -3.76. The van der Waals surface area contributed by atoms with Gasteiger partial charge in [0.1, 0.15) is 0 Å². The van der Waals surface area contributed by atoms with Gasteiger partial charge in [-0.2, -0.15) is 8.78 Å². The fourth-order valence-electron chi connectivity index (χ4n) is 2.15. The van der Waals surface area contributed by atoms with Crippen LogP contribution in [0.15, 0.2) is 35.2 Å². The van der Waals surface area contributed by atoms with Crippen molar-refractivity contribution >= 4 is 9.84 Å². The smallest absolute Gasteiger partial charge is 0.350 e. The molecule has 0 radical (unpaired) electrons. The lowest BCUT2D eigenvalue weighted by Gasteiger charge is -2.21. The minimum atomic E-state index is -4.64. The van der Waals surface area contributed by atoms with Gasteiger partial charge in [0.05, 0.1) is 4.90 Å². The Balaban J connectivity index is 2.23. The van der Waals surface area contributed by atoms with Crippen LogP contribution in [0.5, 0.6) is 0 Å². The van der Waals surface area contributed by atoms with Gasteiger partial charge in [-0.25, -0.2) is 8.42 Å². The Morgan fingerprint density at radius 1 is 1.26 bits per heavy atom. The normalized spacial score (nSPS) is 24.6. The van der Waals surface area contributed by atoms with Gasteiger partial charge < -0.3 is 4.74 Å². The van der Waals surface area contributed by atoms with Gasteiger partial charge in [0.2, 0.25) is 9.84 Å². The molecule has 2 atom stereocenters. The number of rotatable bonds is 4. The predicted octanol–water partition coefficient (Wildman–Crippen LogP) is 2.73. The molecule has 1 heterocycles. The second-order valence-corrected chi connectivity index (χ2v) is 7.01. The van der Waals surface area contributed by atoms with Crippen molar-refractivity contribution in [2.24, 2.45) is 11.8 Å². The van der Waals surface area contributed by atoms with Gasteiger partial charge in [-0.3, -0.25) is 0 Å². The standard InChI is InChI=1S/C13H16F2O3S/c1-10-8-18-9-11(10)7-13(14,15)19(16,17)12-5-3-2-4-6-12/h2-6,10-11H,7-9H2,1H3. The maximum Gasteiger partial charge on any atom is 0.350 e. The molecule has 1 aromatic carbocycles. The quantitative estimate of drug-likeness (QED) is 0.856. The molecule has 2 rings (SSSR count). The number of hydrogen-bond donors (Lipinski definition) is 0. The third-order valence-electron chi connectivity index (χ3n) is 3.46. The highest BCUT2D eigenvalue weighted by Crippen LogP contribution is 2.38. The lowest BCUT2D eigenvalue weighted by atomic mass is 9.95. The first-order chi connectivity index (χ1) is 8.84. The van der Waals surface area contributed by atoms with E-state index in [-0.39, 0.29) is 17.4 Å². The highest BCUT2D eigenvalue weighted by Gasteiger charge is 2.48. The third-order valence-corrected chi connectivity index (χ3v) is 5.31. The molecule has 1 saturated heterocycles. The van der Waals surface area contributed by atoms with Crippen molar-refractivity contribution in [3.63, 3.8) is 0 Å². The van der Waals surface area contributed by atoms with Crippen LogP contribution in [0.25, 0.3) is 0 Å². The highest BCUT2D eigenvalue weighted by atomic mass is 32.2. The van der Waals surface area contributed by atoms with E-state index >= 15 is 0 Å². The summed E-state index contributed by atoms with van der Waals surface area (Å²) in [6, 6.07) is 6.84. The van der Waals surface area contributed by atoms with Crippen LogP contribution in [0, 0.1) is 11.8 Å². The summed E-state index contributed by atoms with van der Waals surface area (Å²) in [6.45, 7) is 2.40. The summed E-state index contributed by atoms with van der Waals surface area (Å²) in [7, 11) is -4.64. The van der Waals surface area contributed by atoms with Crippen LogP contribution in [-0.4, -0.2) is 26.9 Å². The maximum absolute atomic E-state index is 14.1. The minimum Gasteiger partial charge on any atom is -0.381 e. The molecule has 0 aliphatic carbocycles. The van der Waals surface area contributed by atoms with E-state index in [0.717, 1.165) is 0 Å². The molecule has 0 saturated carbocycles. The molecule has 1 fully saturated rings. The van der Waals surface area contributed by atoms with Crippen molar-refractivity contribution in [3.05, 3.63) is 30.3 Å². The lowest BCUT2D eigenvalue weighted by Crippen LogP contribution is -2.33. The number of benzene rings is 1. The van der Waals surface area contributed by atoms with Crippen molar-refractivity contribution < 1.29 is 21.9 Å². The monoisotopic (exact) mass is 290 g/mol. The molecule has 0 amide bonds. The van der Waals surface area contributed by atoms with E-state index < -0.39 is 27.4 Å². The molecule has 3 nitrogen and oxygen atoms in total. The van der Waals surface area contributed by atoms with Crippen LogP contribution >= 0.6 is 0 Å². The summed E-state index contributed by atoms with van der Waals surface area (Å²) < 4.78 is 57.2. The van der Waals surface area contributed by atoms with Gasteiger partial charge in [0.15, 0.2) is 0 Å². The molecule has 0 aromatic heterocycles. The highest BCUT2D eigenvalue weighted by molar-refractivity contribution is 7.92. The Morgan fingerprint density at radius 3 is 2.42 bits per heavy atom. The zero-order valence-corrected chi connectivity index (χ0v) is 11.4. The van der Waals surface area contributed by atoms with Crippen LogP contribution < -0.4 is 0 Å². The van der Waals surface area contributed by atoms with Gasteiger partial charge in [-0.15, -0.1) is 0 Å². The molecule has 0 bridgehead atoms. The predicted molar refractivity (Wildman–Crippen MR) is 66.7 cm³/mol. The minimum absolute atomic E-state index is 0.0446. The summed E-state index contributed by atoms with van der Waals surface area (Å²) in [6.07, 6.45) is -0.689. The van der Waals surface area contributed by atoms with Crippen LogP contribution in [0.4, 0.5) is 8.78 Å². The van der Waals surface area contributed by atoms with Crippen LogP contribution in [0.2, 0.25) is 0 Å². The second kappa shape index (κ2) is 5.17. The molecular weight excluding hydrogens is 274 g/mol. The molecule has 0 N–H and O–H groups in total. The van der Waals surface area contributed by atoms with Crippen molar-refractivity contribution in [3.8, 4) is 0 Å². The summed E-state index contributed by atoms with van der Waals surface area (Å²) in [4.78, 5) is -0.341. The first-order valence-corrected chi connectivity index (χ1v) is 7.58. The summed E-state index contributed by atoms with van der Waals surface area (Å²) in [5.41, 5.74) is 0. The van der Waals surface area contributed by atoms with E-state index in [9.17, 15) is 17.2 Å². The largest absolute Gasteiger partial charge is 0.381 e. The van der Waals surface area contributed by atoms with Crippen molar-refractivity contribution in [1.29, 1.82) is 0 Å². The SMILES string of the molecule is CC1COCC1CC(F)(F)S(=O)(=O)c1ccccc1. The number of alkyl halides is 2. The number of halogens is 2. The van der Waals surface area contributed by atoms with E-state index in [1.54, 1.807) is 13.0 Å². The topological polar surface area (TPSA) is 43.4 Å². The molecular formula is C13H16F2O3S. The molecule has 19 heavy (non-hydrogen) atoms. The van der Waals surface area contributed by atoms with Gasteiger partial charge in [0, 0.05) is 19.6 Å². The van der Waals surface area contributed by atoms with Crippen molar-refractivity contribution in [1.82, 2.24) is 0 Å². The lowest BCUT2D eigenvalue weighted by molar-refractivity contribution is 0.0548. The Hall–Kier alpha value is -1.01. The molecule has 106 valence electrons. The molecule has 1 aliphatic rings. The van der Waals surface area contributed by atoms with E-state index in [4.69, 9.17) is 4.74 Å². The zero-order valence-electron chi connectivity index (χ0n) is 10.6. The Morgan fingerprint density at radius 2 is 1.89 bits per heavy atom. The first-order valence-electron chi connectivity index (χ1n) is 6.10. The Kier molecular flexibility index (Phi) is 3.92. The number of ether oxygens (including phenoxy) is 1. The Labute approximate surface area is 111 Å². The van der Waals surface area contributed by atoms with E-state index in [1.165, 1.54) is 24.3 Å². The van der Waals surface area contributed by atoms with E-state index in [2.05, 4.69) is 0 Å². The van der Waals surface area contributed by atoms with Gasteiger partial charge in [-0.05, 0) is 24.0 Å². The fraction of sp³-hybridized carbons (Fsp3) is 0.538. The van der Waals surface area contributed by atoms with Crippen LogP contribution in [0.1, 0.15) is 13.3 Å². The molecule has 2 unspecified atom stereocenters. The van der Waals surface area contributed by atoms with Gasteiger partial charge in [-0.1, -0.05) is 25.1 Å². The number of sulfone groups is 1. The van der Waals surface area contributed by atoms with E-state index in [0.29, 0.717) is 6.61 Å². The average molecular weight is 290 g/mol. The van der Waals surface area contributed by atoms with Crippen LogP contribution in [-0.2, 0) is 14.6 Å². The first kappa shape index (κ1) is 14.4. The zero-order chi connectivity index (χ0) is 14.1.